The van der Waals surface area contributed by atoms with Crippen LogP contribution in [0.2, 0.25) is 0 Å². The fourth-order valence-corrected chi connectivity index (χ4v) is 1.90. The summed E-state index contributed by atoms with van der Waals surface area (Å²) >= 11 is 2.97. The Morgan fingerprint density at radius 1 is 1.32 bits per heavy atom. The van der Waals surface area contributed by atoms with Crippen molar-refractivity contribution in [2.75, 3.05) is 5.32 Å². The molecule has 0 aliphatic rings. The molecule has 0 saturated carbocycles. The van der Waals surface area contributed by atoms with E-state index < -0.39 is 17.6 Å². The maximum Gasteiger partial charge on any atom is 0.416 e. The standard InChI is InChI=1S/C11H7BrF3N3O/c12-8-1-7(11(13,14)15)2-9(3-8)18-10(19)6-4-16-17-5-6/h1-5H,(H,16,17)(H,18,19). The van der Waals surface area contributed by atoms with E-state index in [0.717, 1.165) is 12.1 Å². The number of alkyl halides is 3. The summed E-state index contributed by atoms with van der Waals surface area (Å²) in [6, 6.07) is 3.18. The Balaban J connectivity index is 2.26. The Labute approximate surface area is 114 Å². The minimum atomic E-state index is -4.47. The van der Waals surface area contributed by atoms with E-state index in [0.29, 0.717) is 0 Å². The van der Waals surface area contributed by atoms with E-state index in [4.69, 9.17) is 0 Å². The molecular formula is C11H7BrF3N3O. The lowest BCUT2D eigenvalue weighted by molar-refractivity contribution is -0.137. The van der Waals surface area contributed by atoms with Crippen LogP contribution >= 0.6 is 15.9 Å². The number of aromatic amines is 1. The average molecular weight is 334 g/mol. The van der Waals surface area contributed by atoms with Gasteiger partial charge in [-0.25, -0.2) is 0 Å². The average Bonchev–Trinajstić information content (AvgIpc) is 2.80. The normalized spacial score (nSPS) is 11.4. The summed E-state index contributed by atoms with van der Waals surface area (Å²) in [6.45, 7) is 0. The van der Waals surface area contributed by atoms with Crippen molar-refractivity contribution in [3.8, 4) is 0 Å². The summed E-state index contributed by atoms with van der Waals surface area (Å²) in [5, 5.41) is 8.40. The van der Waals surface area contributed by atoms with E-state index in [1.165, 1.54) is 18.5 Å². The molecule has 1 aromatic heterocycles. The lowest BCUT2D eigenvalue weighted by Crippen LogP contribution is -2.12. The Morgan fingerprint density at radius 2 is 2.05 bits per heavy atom. The number of rotatable bonds is 2. The number of hydrogen-bond acceptors (Lipinski definition) is 2. The molecule has 0 saturated heterocycles. The van der Waals surface area contributed by atoms with Crippen molar-refractivity contribution in [2.24, 2.45) is 0 Å². The van der Waals surface area contributed by atoms with Crippen molar-refractivity contribution >= 4 is 27.5 Å². The van der Waals surface area contributed by atoms with Crippen LogP contribution in [-0.4, -0.2) is 16.1 Å². The molecule has 4 nitrogen and oxygen atoms in total. The van der Waals surface area contributed by atoms with Crippen molar-refractivity contribution in [3.63, 3.8) is 0 Å². The quantitative estimate of drug-likeness (QED) is 0.884. The number of H-pyrrole nitrogens is 1. The second kappa shape index (κ2) is 5.04. The van der Waals surface area contributed by atoms with Crippen LogP contribution in [0.3, 0.4) is 0 Å². The Kier molecular flexibility index (Phi) is 3.61. The molecule has 19 heavy (non-hydrogen) atoms. The van der Waals surface area contributed by atoms with Gasteiger partial charge in [-0.2, -0.15) is 18.3 Å². The number of benzene rings is 1. The second-order valence-corrected chi connectivity index (χ2v) is 4.58. The SMILES string of the molecule is O=C(Nc1cc(Br)cc(C(F)(F)F)c1)c1cn[nH]c1. The zero-order valence-corrected chi connectivity index (χ0v) is 10.8. The van der Waals surface area contributed by atoms with Gasteiger partial charge in [0, 0.05) is 16.4 Å². The predicted octanol–water partition coefficient (Wildman–Crippen LogP) is 3.44. The predicted molar refractivity (Wildman–Crippen MR) is 65.7 cm³/mol. The van der Waals surface area contributed by atoms with Gasteiger partial charge < -0.3 is 5.32 Å². The number of halogens is 4. The number of amides is 1. The van der Waals surface area contributed by atoms with Crippen LogP contribution < -0.4 is 5.32 Å². The Hall–Kier alpha value is -1.83. The minimum Gasteiger partial charge on any atom is -0.322 e. The molecule has 0 unspecified atom stereocenters. The molecule has 2 aromatic rings. The monoisotopic (exact) mass is 333 g/mol. The first-order chi connectivity index (χ1) is 8.86. The maximum absolute atomic E-state index is 12.6. The molecule has 1 aromatic carbocycles. The summed E-state index contributed by atoms with van der Waals surface area (Å²) in [5.41, 5.74) is -0.564. The highest BCUT2D eigenvalue weighted by Crippen LogP contribution is 2.33. The number of anilines is 1. The highest BCUT2D eigenvalue weighted by atomic mass is 79.9. The highest BCUT2D eigenvalue weighted by Gasteiger charge is 2.31. The fraction of sp³-hybridized carbons (Fsp3) is 0.0909. The molecule has 0 bridgehead atoms. The zero-order chi connectivity index (χ0) is 14.0. The smallest absolute Gasteiger partial charge is 0.322 e. The first-order valence-corrected chi connectivity index (χ1v) is 5.83. The van der Waals surface area contributed by atoms with Crippen molar-refractivity contribution < 1.29 is 18.0 Å². The molecule has 1 heterocycles. The van der Waals surface area contributed by atoms with Crippen LogP contribution in [-0.2, 0) is 6.18 Å². The summed E-state index contributed by atoms with van der Waals surface area (Å²) in [6.07, 6.45) is -1.85. The van der Waals surface area contributed by atoms with Gasteiger partial charge in [-0.3, -0.25) is 9.89 Å². The number of aromatic nitrogens is 2. The molecule has 0 fully saturated rings. The molecule has 0 atom stereocenters. The van der Waals surface area contributed by atoms with Crippen LogP contribution in [0.15, 0.2) is 35.1 Å². The minimum absolute atomic E-state index is 0.0490. The third-order valence-corrected chi connectivity index (χ3v) is 2.70. The zero-order valence-electron chi connectivity index (χ0n) is 9.25. The molecule has 1 amide bonds. The van der Waals surface area contributed by atoms with Crippen molar-refractivity contribution in [2.45, 2.75) is 6.18 Å². The third-order valence-electron chi connectivity index (χ3n) is 2.24. The van der Waals surface area contributed by atoms with Crippen LogP contribution in [0.25, 0.3) is 0 Å². The topological polar surface area (TPSA) is 57.8 Å². The molecule has 0 aliphatic heterocycles. The van der Waals surface area contributed by atoms with E-state index >= 15 is 0 Å². The van der Waals surface area contributed by atoms with E-state index in [9.17, 15) is 18.0 Å². The lowest BCUT2D eigenvalue weighted by Gasteiger charge is -2.10. The van der Waals surface area contributed by atoms with Gasteiger partial charge in [0.05, 0.1) is 17.3 Å². The van der Waals surface area contributed by atoms with E-state index in [-0.39, 0.29) is 15.7 Å². The van der Waals surface area contributed by atoms with Gasteiger partial charge in [-0.1, -0.05) is 15.9 Å². The molecule has 0 radical (unpaired) electrons. The summed E-state index contributed by atoms with van der Waals surface area (Å²) < 4.78 is 38.1. The van der Waals surface area contributed by atoms with Crippen molar-refractivity contribution in [1.29, 1.82) is 0 Å². The molecule has 8 heteroatoms. The third kappa shape index (κ3) is 3.34. The summed E-state index contributed by atoms with van der Waals surface area (Å²) in [4.78, 5) is 11.7. The molecule has 2 N–H and O–H groups in total. The maximum atomic E-state index is 12.6. The van der Waals surface area contributed by atoms with Gasteiger partial charge in [-0.15, -0.1) is 0 Å². The number of carbonyl (C=O) groups is 1. The first-order valence-electron chi connectivity index (χ1n) is 5.04. The number of nitrogens with zero attached hydrogens (tertiary/aromatic N) is 1. The van der Waals surface area contributed by atoms with Gasteiger partial charge in [0.25, 0.3) is 5.91 Å². The lowest BCUT2D eigenvalue weighted by atomic mass is 10.2. The van der Waals surface area contributed by atoms with Crippen molar-refractivity contribution in [1.82, 2.24) is 10.2 Å². The van der Waals surface area contributed by atoms with E-state index in [1.54, 1.807) is 0 Å². The number of carbonyl (C=O) groups excluding carboxylic acids is 1. The van der Waals surface area contributed by atoms with Crippen LogP contribution in [0, 0.1) is 0 Å². The largest absolute Gasteiger partial charge is 0.416 e. The summed E-state index contributed by atoms with van der Waals surface area (Å²) in [5.74, 6) is -0.542. The van der Waals surface area contributed by atoms with Crippen LogP contribution in [0.5, 0.6) is 0 Å². The fourth-order valence-electron chi connectivity index (χ4n) is 1.40. The second-order valence-electron chi connectivity index (χ2n) is 3.67. The van der Waals surface area contributed by atoms with Crippen LogP contribution in [0.4, 0.5) is 18.9 Å². The number of nitrogens with one attached hydrogen (secondary N) is 2. The highest BCUT2D eigenvalue weighted by molar-refractivity contribution is 9.10. The van der Waals surface area contributed by atoms with Gasteiger partial charge >= 0.3 is 6.18 Å². The molecule has 0 spiro atoms. The first kappa shape index (κ1) is 13.6. The van der Waals surface area contributed by atoms with Gasteiger partial charge in [0.15, 0.2) is 0 Å². The summed E-state index contributed by atoms with van der Waals surface area (Å²) in [7, 11) is 0. The van der Waals surface area contributed by atoms with E-state index in [2.05, 4.69) is 31.4 Å². The van der Waals surface area contributed by atoms with Crippen molar-refractivity contribution in [3.05, 3.63) is 46.2 Å². The number of hydrogen-bond donors (Lipinski definition) is 2. The Bertz CT molecular complexity index is 596. The molecule has 0 aliphatic carbocycles. The van der Waals surface area contributed by atoms with E-state index in [1.807, 2.05) is 0 Å². The van der Waals surface area contributed by atoms with Crippen LogP contribution in [0.1, 0.15) is 15.9 Å². The van der Waals surface area contributed by atoms with Gasteiger partial charge in [0.1, 0.15) is 0 Å². The molecule has 2 rings (SSSR count). The van der Waals surface area contributed by atoms with Gasteiger partial charge in [0.2, 0.25) is 0 Å². The molecule has 100 valence electrons. The van der Waals surface area contributed by atoms with Gasteiger partial charge in [-0.05, 0) is 18.2 Å². The Morgan fingerprint density at radius 3 is 2.63 bits per heavy atom. The molecular weight excluding hydrogens is 327 g/mol.